The van der Waals surface area contributed by atoms with Crippen molar-refractivity contribution in [1.29, 1.82) is 0 Å². The topological polar surface area (TPSA) is 35.5 Å². The van der Waals surface area contributed by atoms with E-state index in [0.717, 1.165) is 24.7 Å². The van der Waals surface area contributed by atoms with Crippen LogP contribution < -0.4 is 10.2 Å². The van der Waals surface area contributed by atoms with Crippen molar-refractivity contribution in [3.8, 4) is 0 Å². The molecule has 3 rings (SSSR count). The molecule has 0 bridgehead atoms. The Morgan fingerprint density at radius 3 is 2.62 bits per heavy atom. The lowest BCUT2D eigenvalue weighted by Crippen LogP contribution is -2.40. The van der Waals surface area contributed by atoms with Crippen LogP contribution in [0.2, 0.25) is 0 Å². The van der Waals surface area contributed by atoms with Gasteiger partial charge in [0.25, 0.3) is 0 Å². The van der Waals surface area contributed by atoms with Gasteiger partial charge in [0.2, 0.25) is 0 Å². The molecule has 3 nitrogen and oxygen atoms in total. The number of rotatable bonds is 5. The highest BCUT2D eigenvalue weighted by molar-refractivity contribution is 5.85. The van der Waals surface area contributed by atoms with Crippen LogP contribution in [0.25, 0.3) is 0 Å². The van der Waals surface area contributed by atoms with Crippen LogP contribution in [0, 0.1) is 11.6 Å². The number of nitrogens with zero attached hydrogens (tertiary/aromatic N) is 1. The molecule has 0 radical (unpaired) electrons. The Kier molecular flexibility index (Phi) is 6.15. The van der Waals surface area contributed by atoms with Gasteiger partial charge in [0.05, 0.1) is 12.1 Å². The number of hydrogen-bond acceptors (Lipinski definition) is 3. The minimum Gasteiger partial charge on any atom is -0.389 e. The average molecular weight is 355 g/mol. The average Bonchev–Trinajstić information content (AvgIpc) is 2.95. The van der Waals surface area contributed by atoms with Gasteiger partial charge >= 0.3 is 0 Å². The van der Waals surface area contributed by atoms with Crippen molar-refractivity contribution in [3.63, 3.8) is 0 Å². The summed E-state index contributed by atoms with van der Waals surface area (Å²) < 4.78 is 26.9. The lowest BCUT2D eigenvalue weighted by molar-refractivity contribution is 0.141. The van der Waals surface area contributed by atoms with Crippen molar-refractivity contribution in [2.24, 2.45) is 0 Å². The van der Waals surface area contributed by atoms with Crippen LogP contribution in [0.3, 0.4) is 0 Å². The first kappa shape index (κ1) is 18.6. The van der Waals surface area contributed by atoms with Crippen molar-refractivity contribution < 1.29 is 13.9 Å². The van der Waals surface area contributed by atoms with Crippen LogP contribution in [-0.2, 0) is 6.42 Å². The third kappa shape index (κ3) is 3.53. The van der Waals surface area contributed by atoms with Gasteiger partial charge in [0.1, 0.15) is 0 Å². The predicted octanol–water partition coefficient (Wildman–Crippen LogP) is 3.07. The number of anilines is 1. The Morgan fingerprint density at radius 2 is 1.92 bits per heavy atom. The fourth-order valence-electron chi connectivity index (χ4n) is 3.28. The van der Waals surface area contributed by atoms with Gasteiger partial charge in [-0.15, -0.1) is 12.4 Å². The van der Waals surface area contributed by atoms with E-state index in [4.69, 9.17) is 0 Å². The minimum atomic E-state index is -0.892. The monoisotopic (exact) mass is 354 g/mol. The molecule has 0 saturated heterocycles. The Hall–Kier alpha value is -1.69. The lowest BCUT2D eigenvalue weighted by atomic mass is 9.98. The molecule has 130 valence electrons. The molecule has 1 aliphatic rings. The van der Waals surface area contributed by atoms with Gasteiger partial charge in [0.15, 0.2) is 11.6 Å². The molecule has 0 aromatic heterocycles. The number of halogens is 3. The number of aliphatic hydroxyl groups excluding tert-OH is 1. The molecule has 2 aromatic carbocycles. The fourth-order valence-corrected chi connectivity index (χ4v) is 3.28. The van der Waals surface area contributed by atoms with E-state index in [1.807, 2.05) is 18.2 Å². The van der Waals surface area contributed by atoms with E-state index < -0.39 is 23.8 Å². The highest BCUT2D eigenvalue weighted by Gasteiger charge is 2.32. The van der Waals surface area contributed by atoms with Crippen molar-refractivity contribution in [2.75, 3.05) is 25.0 Å². The number of benzene rings is 2. The summed E-state index contributed by atoms with van der Waals surface area (Å²) in [5.41, 5.74) is 2.82. The number of likely N-dealkylation sites (N-methyl/N-ethyl adjacent to an activating group) is 1. The number of nitrogens with one attached hydrogen (secondary N) is 1. The molecule has 0 amide bonds. The zero-order valence-electron chi connectivity index (χ0n) is 13.4. The Morgan fingerprint density at radius 1 is 1.17 bits per heavy atom. The van der Waals surface area contributed by atoms with Crippen molar-refractivity contribution >= 4 is 18.1 Å². The fraction of sp³-hybridized carbons (Fsp3) is 0.333. The van der Waals surface area contributed by atoms with E-state index in [0.29, 0.717) is 12.1 Å². The van der Waals surface area contributed by atoms with E-state index in [1.54, 1.807) is 13.1 Å². The highest BCUT2D eigenvalue weighted by atomic mass is 35.5. The second kappa shape index (κ2) is 7.92. The third-order valence-electron chi connectivity index (χ3n) is 4.32. The maximum atomic E-state index is 13.7. The molecule has 0 spiro atoms. The molecule has 2 atom stereocenters. The summed E-state index contributed by atoms with van der Waals surface area (Å²) in [7, 11) is 1.75. The molecule has 0 saturated carbocycles. The first-order valence-corrected chi connectivity index (χ1v) is 7.74. The first-order chi connectivity index (χ1) is 11.1. The van der Waals surface area contributed by atoms with Crippen molar-refractivity contribution in [3.05, 3.63) is 65.2 Å². The molecule has 1 aliphatic heterocycles. The van der Waals surface area contributed by atoms with Crippen LogP contribution in [0.5, 0.6) is 0 Å². The molecule has 0 aliphatic carbocycles. The van der Waals surface area contributed by atoms with Gasteiger partial charge in [-0.05, 0) is 42.8 Å². The second-order valence-corrected chi connectivity index (χ2v) is 5.82. The largest absolute Gasteiger partial charge is 0.389 e. The molecule has 24 heavy (non-hydrogen) atoms. The number of hydrogen-bond donors (Lipinski definition) is 2. The lowest BCUT2D eigenvalue weighted by Gasteiger charge is -2.34. The third-order valence-corrected chi connectivity index (χ3v) is 4.32. The van der Waals surface area contributed by atoms with Crippen LogP contribution in [0.15, 0.2) is 42.5 Å². The van der Waals surface area contributed by atoms with Gasteiger partial charge in [-0.3, -0.25) is 0 Å². The molecular formula is C18H21ClF2N2O. The molecular weight excluding hydrogens is 334 g/mol. The molecule has 6 heteroatoms. The van der Waals surface area contributed by atoms with Gasteiger partial charge in [-0.25, -0.2) is 8.78 Å². The minimum absolute atomic E-state index is 0. The van der Waals surface area contributed by atoms with E-state index in [9.17, 15) is 13.9 Å². The SMILES string of the molecule is CNCC(O)[C@H](c1ccc(F)c(F)c1)N1CCc2ccccc21.Cl. The van der Waals surface area contributed by atoms with Gasteiger partial charge in [-0.2, -0.15) is 0 Å². The molecule has 2 N–H and O–H groups in total. The maximum Gasteiger partial charge on any atom is 0.159 e. The molecule has 0 fully saturated rings. The number of para-hydroxylation sites is 1. The zero-order chi connectivity index (χ0) is 16.4. The second-order valence-electron chi connectivity index (χ2n) is 5.82. The van der Waals surface area contributed by atoms with E-state index in [-0.39, 0.29) is 12.4 Å². The first-order valence-electron chi connectivity index (χ1n) is 7.74. The maximum absolute atomic E-state index is 13.7. The van der Waals surface area contributed by atoms with Gasteiger partial charge in [0, 0.05) is 18.8 Å². The van der Waals surface area contributed by atoms with Crippen molar-refractivity contribution in [2.45, 2.75) is 18.6 Å². The van der Waals surface area contributed by atoms with Gasteiger partial charge < -0.3 is 15.3 Å². The van der Waals surface area contributed by atoms with Crippen LogP contribution in [0.4, 0.5) is 14.5 Å². The Labute approximate surface area is 146 Å². The van der Waals surface area contributed by atoms with E-state index in [1.165, 1.54) is 11.6 Å². The number of aliphatic hydroxyl groups is 1. The summed E-state index contributed by atoms with van der Waals surface area (Å²) in [6, 6.07) is 11.4. The van der Waals surface area contributed by atoms with Crippen LogP contribution in [-0.4, -0.2) is 31.3 Å². The summed E-state index contributed by atoms with van der Waals surface area (Å²) >= 11 is 0. The highest BCUT2D eigenvalue weighted by Crippen LogP contribution is 2.37. The van der Waals surface area contributed by atoms with Gasteiger partial charge in [-0.1, -0.05) is 24.3 Å². The summed E-state index contributed by atoms with van der Waals surface area (Å²) in [4.78, 5) is 2.07. The summed E-state index contributed by atoms with van der Waals surface area (Å²) in [6.07, 6.45) is 0.138. The van der Waals surface area contributed by atoms with Crippen molar-refractivity contribution in [1.82, 2.24) is 5.32 Å². The predicted molar refractivity (Wildman–Crippen MR) is 93.8 cm³/mol. The van der Waals surface area contributed by atoms with Crippen LogP contribution >= 0.6 is 12.4 Å². The molecule has 1 unspecified atom stereocenters. The number of fused-ring (bicyclic) bond motifs is 1. The quantitative estimate of drug-likeness (QED) is 0.866. The summed E-state index contributed by atoms with van der Waals surface area (Å²) in [5, 5.41) is 13.5. The normalized spacial score (nSPS) is 15.6. The molecule has 2 aromatic rings. The van der Waals surface area contributed by atoms with E-state index in [2.05, 4.69) is 16.3 Å². The zero-order valence-corrected chi connectivity index (χ0v) is 14.2. The smallest absolute Gasteiger partial charge is 0.159 e. The summed E-state index contributed by atoms with van der Waals surface area (Å²) in [5.74, 6) is -1.77. The van der Waals surface area contributed by atoms with E-state index >= 15 is 0 Å². The Balaban J connectivity index is 0.00000208. The Bertz CT molecular complexity index is 698. The summed E-state index contributed by atoms with van der Waals surface area (Å²) in [6.45, 7) is 1.10. The molecule has 1 heterocycles. The standard InChI is InChI=1S/C18H20F2N2O.ClH/c1-21-11-17(23)18(13-6-7-14(19)15(20)10-13)22-9-8-12-4-2-3-5-16(12)22;/h2-7,10,17-18,21,23H,8-9,11H2,1H3;1H/t17?,18-;/m0./s1. The van der Waals surface area contributed by atoms with Crippen LogP contribution in [0.1, 0.15) is 17.2 Å².